The van der Waals surface area contributed by atoms with Gasteiger partial charge in [0.2, 0.25) is 5.91 Å². The van der Waals surface area contributed by atoms with Crippen molar-refractivity contribution >= 4 is 28.0 Å². The van der Waals surface area contributed by atoms with E-state index in [-0.39, 0.29) is 23.6 Å². The van der Waals surface area contributed by atoms with Gasteiger partial charge in [-0.1, -0.05) is 26.8 Å². The predicted molar refractivity (Wildman–Crippen MR) is 88.9 cm³/mol. The summed E-state index contributed by atoms with van der Waals surface area (Å²) >= 11 is 1.37. The highest BCUT2D eigenvalue weighted by atomic mass is 32.1. The van der Waals surface area contributed by atoms with Crippen LogP contribution in [0.4, 0.5) is 5.13 Å². The highest BCUT2D eigenvalue weighted by Gasteiger charge is 2.18. The lowest BCUT2D eigenvalue weighted by atomic mass is 9.93. The first-order valence-corrected chi connectivity index (χ1v) is 8.02. The normalized spacial score (nSPS) is 11.8. The highest BCUT2D eigenvalue weighted by molar-refractivity contribution is 7.13. The molecular formula is C15H17N5O2S. The zero-order valence-electron chi connectivity index (χ0n) is 13.1. The largest absolute Gasteiger partial charge is 0.350 e. The van der Waals surface area contributed by atoms with E-state index in [2.05, 4.69) is 36.2 Å². The van der Waals surface area contributed by atoms with Crippen LogP contribution in [0, 0.1) is 0 Å². The van der Waals surface area contributed by atoms with Crippen molar-refractivity contribution in [3.63, 3.8) is 0 Å². The van der Waals surface area contributed by atoms with Crippen molar-refractivity contribution < 1.29 is 4.79 Å². The average Bonchev–Trinajstić information content (AvgIpc) is 3.05. The number of carbonyl (C=O) groups is 1. The molecular weight excluding hydrogens is 314 g/mol. The molecule has 7 nitrogen and oxygen atoms in total. The van der Waals surface area contributed by atoms with Crippen LogP contribution in [0.2, 0.25) is 0 Å². The number of hydrogen-bond acceptors (Lipinski definition) is 5. The zero-order valence-corrected chi connectivity index (χ0v) is 13.9. The monoisotopic (exact) mass is 331 g/mol. The van der Waals surface area contributed by atoms with E-state index in [1.165, 1.54) is 15.7 Å². The minimum absolute atomic E-state index is 0.0714. The Morgan fingerprint density at radius 2 is 2.13 bits per heavy atom. The van der Waals surface area contributed by atoms with E-state index in [1.54, 1.807) is 24.4 Å². The molecule has 0 saturated heterocycles. The van der Waals surface area contributed by atoms with E-state index >= 15 is 0 Å². The quantitative estimate of drug-likeness (QED) is 0.794. The molecule has 0 aliphatic carbocycles. The van der Waals surface area contributed by atoms with Gasteiger partial charge in [0.15, 0.2) is 10.8 Å². The van der Waals surface area contributed by atoms with E-state index < -0.39 is 0 Å². The summed E-state index contributed by atoms with van der Waals surface area (Å²) < 4.78 is 2.54. The molecule has 120 valence electrons. The summed E-state index contributed by atoms with van der Waals surface area (Å²) in [5, 5.41) is 9.29. The minimum Gasteiger partial charge on any atom is -0.300 e. The molecule has 3 aromatic heterocycles. The Morgan fingerprint density at radius 1 is 1.35 bits per heavy atom. The summed E-state index contributed by atoms with van der Waals surface area (Å²) in [6.45, 7) is 6.03. The van der Waals surface area contributed by atoms with Crippen LogP contribution in [0.15, 0.2) is 34.6 Å². The second-order valence-corrected chi connectivity index (χ2v) is 7.06. The molecule has 3 heterocycles. The lowest BCUT2D eigenvalue weighted by Crippen LogP contribution is -2.28. The molecule has 0 bridgehead atoms. The third kappa shape index (κ3) is 3.16. The molecule has 1 amide bonds. The Hall–Kier alpha value is -2.48. The number of hydrogen-bond donors (Lipinski definition) is 1. The van der Waals surface area contributed by atoms with Gasteiger partial charge in [-0.15, -0.1) is 16.4 Å². The molecule has 0 atom stereocenters. The first kappa shape index (κ1) is 15.4. The fourth-order valence-corrected chi connectivity index (χ4v) is 2.99. The Morgan fingerprint density at radius 3 is 2.78 bits per heavy atom. The number of carbonyl (C=O) groups excluding carboxylic acids is 1. The molecule has 0 unspecified atom stereocenters. The van der Waals surface area contributed by atoms with Gasteiger partial charge in [0.25, 0.3) is 0 Å². The van der Waals surface area contributed by atoms with Crippen LogP contribution in [-0.4, -0.2) is 25.1 Å². The fourth-order valence-electron chi connectivity index (χ4n) is 2.04. The number of nitrogens with one attached hydrogen (secondary N) is 1. The summed E-state index contributed by atoms with van der Waals surface area (Å²) in [7, 11) is 0. The lowest BCUT2D eigenvalue weighted by molar-refractivity contribution is -0.117. The number of anilines is 1. The first-order valence-electron chi connectivity index (χ1n) is 7.15. The second kappa shape index (κ2) is 5.62. The topological polar surface area (TPSA) is 81.3 Å². The number of thiazole rings is 1. The molecule has 3 aromatic rings. The van der Waals surface area contributed by atoms with Crippen molar-refractivity contribution in [2.75, 3.05) is 5.32 Å². The summed E-state index contributed by atoms with van der Waals surface area (Å²) in [4.78, 5) is 28.6. The molecule has 0 radical (unpaired) electrons. The van der Waals surface area contributed by atoms with E-state index in [9.17, 15) is 9.59 Å². The van der Waals surface area contributed by atoms with E-state index in [4.69, 9.17) is 0 Å². The van der Waals surface area contributed by atoms with Gasteiger partial charge < -0.3 is 5.32 Å². The van der Waals surface area contributed by atoms with Crippen molar-refractivity contribution in [3.8, 4) is 0 Å². The van der Waals surface area contributed by atoms with Crippen LogP contribution >= 0.6 is 11.3 Å². The van der Waals surface area contributed by atoms with Crippen molar-refractivity contribution in [1.82, 2.24) is 19.2 Å². The number of aromatic nitrogens is 4. The molecule has 0 saturated carbocycles. The third-order valence-electron chi connectivity index (χ3n) is 3.30. The van der Waals surface area contributed by atoms with Gasteiger partial charge in [0, 0.05) is 17.0 Å². The molecule has 8 heteroatoms. The predicted octanol–water partition coefficient (Wildman–Crippen LogP) is 1.89. The van der Waals surface area contributed by atoms with Crippen molar-refractivity contribution in [2.24, 2.45) is 0 Å². The summed E-state index contributed by atoms with van der Waals surface area (Å²) in [5.74, 6) is -0.328. The Kier molecular flexibility index (Phi) is 3.77. The smallest absolute Gasteiger partial charge is 0.300 e. The molecule has 0 spiro atoms. The maximum absolute atomic E-state index is 12.1. The molecule has 0 aliphatic rings. The summed E-state index contributed by atoms with van der Waals surface area (Å²) in [6.07, 6.45) is 1.62. The van der Waals surface area contributed by atoms with Gasteiger partial charge >= 0.3 is 5.69 Å². The van der Waals surface area contributed by atoms with Crippen LogP contribution in [0.25, 0.3) is 5.65 Å². The van der Waals surface area contributed by atoms with E-state index in [1.807, 2.05) is 5.38 Å². The standard InChI is InChI=1S/C15H17N5O2S/c1-15(2,3)10-9-23-13(16-10)17-12(21)8-20-14(22)19-7-5-4-6-11(19)18-20/h4-7,9H,8H2,1-3H3,(H,16,17,21). The number of amides is 1. The SMILES string of the molecule is CC(C)(C)c1csc(NC(=O)Cn2nc3ccccn3c2=O)n1. The molecule has 1 N–H and O–H groups in total. The molecule has 3 rings (SSSR count). The zero-order chi connectivity index (χ0) is 16.6. The maximum atomic E-state index is 12.1. The maximum Gasteiger partial charge on any atom is 0.350 e. The third-order valence-corrected chi connectivity index (χ3v) is 4.06. The fraction of sp³-hybridized carbons (Fsp3) is 0.333. The highest BCUT2D eigenvalue weighted by Crippen LogP contribution is 2.26. The van der Waals surface area contributed by atoms with Crippen molar-refractivity contribution in [2.45, 2.75) is 32.7 Å². The molecule has 0 aliphatic heterocycles. The van der Waals surface area contributed by atoms with E-state index in [0.717, 1.165) is 10.4 Å². The van der Waals surface area contributed by atoms with Gasteiger partial charge in [0.05, 0.1) is 5.69 Å². The van der Waals surface area contributed by atoms with Crippen molar-refractivity contribution in [1.29, 1.82) is 0 Å². The molecule has 23 heavy (non-hydrogen) atoms. The van der Waals surface area contributed by atoms with Gasteiger partial charge in [-0.3, -0.25) is 9.20 Å². The molecule has 0 fully saturated rings. The van der Waals surface area contributed by atoms with Crippen LogP contribution in [-0.2, 0) is 16.8 Å². The number of fused-ring (bicyclic) bond motifs is 1. The van der Waals surface area contributed by atoms with Crippen LogP contribution < -0.4 is 11.0 Å². The average molecular weight is 331 g/mol. The van der Waals surface area contributed by atoms with Gasteiger partial charge in [-0.2, -0.15) is 0 Å². The van der Waals surface area contributed by atoms with Gasteiger partial charge in [-0.25, -0.2) is 14.5 Å². The Labute approximate surface area is 136 Å². The summed E-state index contributed by atoms with van der Waals surface area (Å²) in [5.41, 5.74) is 1.01. The van der Waals surface area contributed by atoms with Crippen LogP contribution in [0.5, 0.6) is 0 Å². The van der Waals surface area contributed by atoms with Gasteiger partial charge in [-0.05, 0) is 12.1 Å². The summed E-state index contributed by atoms with van der Waals surface area (Å²) in [6, 6.07) is 5.24. The number of nitrogens with zero attached hydrogens (tertiary/aromatic N) is 4. The Bertz CT molecular complexity index is 916. The molecule has 0 aromatic carbocycles. The van der Waals surface area contributed by atoms with Crippen LogP contribution in [0.3, 0.4) is 0 Å². The second-order valence-electron chi connectivity index (χ2n) is 6.21. The van der Waals surface area contributed by atoms with Crippen molar-refractivity contribution in [3.05, 3.63) is 46.0 Å². The van der Waals surface area contributed by atoms with E-state index in [0.29, 0.717) is 10.8 Å². The first-order chi connectivity index (χ1) is 10.8. The minimum atomic E-state index is -0.342. The van der Waals surface area contributed by atoms with Crippen LogP contribution in [0.1, 0.15) is 26.5 Å². The van der Waals surface area contributed by atoms with Gasteiger partial charge in [0.1, 0.15) is 6.54 Å². The Balaban J connectivity index is 1.75. The number of pyridine rings is 1. The lowest BCUT2D eigenvalue weighted by Gasteiger charge is -2.14. The number of rotatable bonds is 3.